The van der Waals surface area contributed by atoms with E-state index in [9.17, 15) is 9.90 Å². The number of rotatable bonds is 3. The normalized spacial score (nSPS) is 12.3. The van der Waals surface area contributed by atoms with E-state index in [-0.39, 0.29) is 6.42 Å². The Balaban J connectivity index is 2.76. The molecule has 3 nitrogen and oxygen atoms in total. The van der Waals surface area contributed by atoms with E-state index in [4.69, 9.17) is 23.2 Å². The molecule has 0 bridgehead atoms. The van der Waals surface area contributed by atoms with E-state index in [1.165, 1.54) is 7.11 Å². The van der Waals surface area contributed by atoms with Crippen molar-refractivity contribution in [2.45, 2.75) is 12.5 Å². The highest BCUT2D eigenvalue weighted by molar-refractivity contribution is 6.34. The predicted octanol–water partition coefficient (Wildman–Crippen LogP) is 2.07. The number of aliphatic hydroxyl groups excluding tert-OH is 1. The second-order valence-corrected chi connectivity index (χ2v) is 3.89. The first-order chi connectivity index (χ1) is 7.02. The molecule has 0 saturated carbocycles. The maximum Gasteiger partial charge on any atom is 0.335 e. The first-order valence-electron chi connectivity index (χ1n) is 4.24. The Bertz CT molecular complexity index is 345. The van der Waals surface area contributed by atoms with Gasteiger partial charge in [0.25, 0.3) is 0 Å². The molecular weight excluding hydrogens is 239 g/mol. The number of benzene rings is 1. The van der Waals surface area contributed by atoms with Gasteiger partial charge in [-0.1, -0.05) is 23.2 Å². The van der Waals surface area contributed by atoms with Crippen LogP contribution < -0.4 is 0 Å². The van der Waals surface area contributed by atoms with Crippen molar-refractivity contribution in [1.82, 2.24) is 0 Å². The van der Waals surface area contributed by atoms with Gasteiger partial charge in [0, 0.05) is 16.5 Å². The second-order valence-electron chi connectivity index (χ2n) is 3.02. The fraction of sp³-hybridized carbons (Fsp3) is 0.300. The van der Waals surface area contributed by atoms with Crippen molar-refractivity contribution in [2.75, 3.05) is 7.11 Å². The molecule has 0 radical (unpaired) electrons. The van der Waals surface area contributed by atoms with Crippen LogP contribution in [0.2, 0.25) is 10.0 Å². The van der Waals surface area contributed by atoms with E-state index in [1.54, 1.807) is 18.2 Å². The number of carbonyl (C=O) groups is 1. The second kappa shape index (κ2) is 5.35. The molecule has 1 atom stereocenters. The van der Waals surface area contributed by atoms with Crippen LogP contribution in [0.3, 0.4) is 0 Å². The Morgan fingerprint density at radius 3 is 2.40 bits per heavy atom. The van der Waals surface area contributed by atoms with E-state index in [0.29, 0.717) is 15.6 Å². The zero-order chi connectivity index (χ0) is 11.4. The van der Waals surface area contributed by atoms with Gasteiger partial charge in [0.15, 0.2) is 6.10 Å². The monoisotopic (exact) mass is 248 g/mol. The molecule has 1 aromatic rings. The lowest BCUT2D eigenvalue weighted by atomic mass is 10.1. The highest BCUT2D eigenvalue weighted by Crippen LogP contribution is 2.20. The minimum atomic E-state index is -1.19. The summed E-state index contributed by atoms with van der Waals surface area (Å²) in [6.45, 7) is 0. The van der Waals surface area contributed by atoms with Gasteiger partial charge in [-0.2, -0.15) is 0 Å². The van der Waals surface area contributed by atoms with Crippen LogP contribution in [0.25, 0.3) is 0 Å². The average Bonchev–Trinajstić information content (AvgIpc) is 2.14. The van der Waals surface area contributed by atoms with E-state index < -0.39 is 12.1 Å². The fourth-order valence-electron chi connectivity index (χ4n) is 1.17. The van der Waals surface area contributed by atoms with Gasteiger partial charge in [0.1, 0.15) is 0 Å². The zero-order valence-corrected chi connectivity index (χ0v) is 9.55. The van der Waals surface area contributed by atoms with E-state index in [1.807, 2.05) is 0 Å². The molecule has 0 aliphatic heterocycles. The number of hydrogen-bond donors (Lipinski definition) is 1. The maximum absolute atomic E-state index is 10.9. The summed E-state index contributed by atoms with van der Waals surface area (Å²) in [7, 11) is 1.22. The van der Waals surface area contributed by atoms with E-state index >= 15 is 0 Å². The van der Waals surface area contributed by atoms with Crippen molar-refractivity contribution in [3.8, 4) is 0 Å². The van der Waals surface area contributed by atoms with Crippen LogP contribution in [0.4, 0.5) is 0 Å². The number of aliphatic hydroxyl groups is 1. The molecule has 0 heterocycles. The molecule has 1 rings (SSSR count). The Morgan fingerprint density at radius 2 is 1.93 bits per heavy atom. The van der Waals surface area contributed by atoms with Crippen molar-refractivity contribution in [3.05, 3.63) is 33.8 Å². The van der Waals surface area contributed by atoms with Crippen LogP contribution in [-0.4, -0.2) is 24.3 Å². The summed E-state index contributed by atoms with van der Waals surface area (Å²) in [6.07, 6.45) is -1.06. The highest BCUT2D eigenvalue weighted by Gasteiger charge is 2.16. The van der Waals surface area contributed by atoms with Crippen LogP contribution in [0.5, 0.6) is 0 Å². The first kappa shape index (κ1) is 12.3. The van der Waals surface area contributed by atoms with Crippen molar-refractivity contribution in [3.63, 3.8) is 0 Å². The van der Waals surface area contributed by atoms with E-state index in [0.717, 1.165) is 0 Å². The number of carbonyl (C=O) groups excluding carboxylic acids is 1. The van der Waals surface area contributed by atoms with Gasteiger partial charge in [-0.3, -0.25) is 0 Å². The number of methoxy groups -OCH3 is 1. The topological polar surface area (TPSA) is 46.5 Å². The van der Waals surface area contributed by atoms with Crippen LogP contribution in [0.15, 0.2) is 18.2 Å². The standard InChI is InChI=1S/C10H10Cl2O3/c1-15-10(14)9(13)4-6-2-7(11)5-8(12)3-6/h2-3,5,9,13H,4H2,1H3. The molecule has 0 fully saturated rings. The fourth-order valence-corrected chi connectivity index (χ4v) is 1.74. The van der Waals surface area contributed by atoms with Crippen LogP contribution in [0, 0.1) is 0 Å². The third-order valence-electron chi connectivity index (χ3n) is 1.82. The average molecular weight is 249 g/mol. The third kappa shape index (κ3) is 3.70. The molecule has 15 heavy (non-hydrogen) atoms. The van der Waals surface area contributed by atoms with Gasteiger partial charge in [-0.05, 0) is 23.8 Å². The quantitative estimate of drug-likeness (QED) is 0.834. The summed E-state index contributed by atoms with van der Waals surface area (Å²) in [5, 5.41) is 10.3. The van der Waals surface area contributed by atoms with Crippen molar-refractivity contribution >= 4 is 29.2 Å². The van der Waals surface area contributed by atoms with Gasteiger partial charge < -0.3 is 9.84 Å². The highest BCUT2D eigenvalue weighted by atomic mass is 35.5. The molecule has 82 valence electrons. The minimum Gasteiger partial charge on any atom is -0.467 e. The van der Waals surface area contributed by atoms with Crippen LogP contribution in [0.1, 0.15) is 5.56 Å². The summed E-state index contributed by atoms with van der Waals surface area (Å²) in [5.41, 5.74) is 0.686. The lowest BCUT2D eigenvalue weighted by Gasteiger charge is -2.08. The number of hydrogen-bond acceptors (Lipinski definition) is 3. The summed E-state index contributed by atoms with van der Waals surface area (Å²) >= 11 is 11.5. The number of ether oxygens (including phenoxy) is 1. The lowest BCUT2D eigenvalue weighted by Crippen LogP contribution is -2.24. The third-order valence-corrected chi connectivity index (χ3v) is 2.26. The molecular formula is C10H10Cl2O3. The summed E-state index contributed by atoms with van der Waals surface area (Å²) in [6, 6.07) is 4.86. The molecule has 0 amide bonds. The van der Waals surface area contributed by atoms with Gasteiger partial charge >= 0.3 is 5.97 Å². The molecule has 0 saturated heterocycles. The Hall–Kier alpha value is -0.770. The van der Waals surface area contributed by atoms with Gasteiger partial charge in [0.2, 0.25) is 0 Å². The molecule has 1 aromatic carbocycles. The smallest absolute Gasteiger partial charge is 0.335 e. The van der Waals surface area contributed by atoms with Crippen LogP contribution >= 0.6 is 23.2 Å². The molecule has 0 aliphatic carbocycles. The molecule has 0 aliphatic rings. The zero-order valence-electron chi connectivity index (χ0n) is 8.04. The first-order valence-corrected chi connectivity index (χ1v) is 4.99. The number of halogens is 2. The molecule has 0 aromatic heterocycles. The van der Waals surface area contributed by atoms with Crippen LogP contribution in [-0.2, 0) is 16.0 Å². The Labute approximate surface area is 97.6 Å². The van der Waals surface area contributed by atoms with Crippen molar-refractivity contribution in [2.24, 2.45) is 0 Å². The molecule has 0 spiro atoms. The van der Waals surface area contributed by atoms with E-state index in [2.05, 4.69) is 4.74 Å². The summed E-state index contributed by atoms with van der Waals surface area (Å²) in [4.78, 5) is 10.9. The molecule has 1 unspecified atom stereocenters. The summed E-state index contributed by atoms with van der Waals surface area (Å²) in [5.74, 6) is -0.675. The van der Waals surface area contributed by atoms with Crippen molar-refractivity contribution < 1.29 is 14.6 Å². The molecule has 5 heteroatoms. The Morgan fingerprint density at radius 1 is 1.40 bits per heavy atom. The van der Waals surface area contributed by atoms with Gasteiger partial charge in [-0.25, -0.2) is 4.79 Å². The summed E-state index contributed by atoms with van der Waals surface area (Å²) < 4.78 is 4.39. The van der Waals surface area contributed by atoms with Gasteiger partial charge in [0.05, 0.1) is 7.11 Å². The SMILES string of the molecule is COC(=O)C(O)Cc1cc(Cl)cc(Cl)c1. The molecule has 1 N–H and O–H groups in total. The minimum absolute atomic E-state index is 0.132. The Kier molecular flexibility index (Phi) is 4.39. The lowest BCUT2D eigenvalue weighted by molar-refractivity contribution is -0.150. The largest absolute Gasteiger partial charge is 0.467 e. The maximum atomic E-state index is 10.9. The number of esters is 1. The predicted molar refractivity (Wildman–Crippen MR) is 58.2 cm³/mol. The van der Waals surface area contributed by atoms with Gasteiger partial charge in [-0.15, -0.1) is 0 Å². The van der Waals surface area contributed by atoms with Crippen molar-refractivity contribution in [1.29, 1.82) is 0 Å².